The fourth-order valence-electron chi connectivity index (χ4n) is 3.30. The predicted molar refractivity (Wildman–Crippen MR) is 127 cm³/mol. The smallest absolute Gasteiger partial charge is 0.333 e. The molecule has 11 heteroatoms. The maximum Gasteiger partial charge on any atom is 0.333 e. The van der Waals surface area contributed by atoms with Crippen molar-refractivity contribution in [3.8, 4) is 11.6 Å². The Morgan fingerprint density at radius 2 is 2.00 bits per heavy atom. The second-order valence-corrected chi connectivity index (χ2v) is 8.44. The molecule has 1 aromatic carbocycles. The van der Waals surface area contributed by atoms with Crippen LogP contribution in [0.2, 0.25) is 0 Å². The molecule has 1 saturated heterocycles. The summed E-state index contributed by atoms with van der Waals surface area (Å²) in [7, 11) is 2.68. The van der Waals surface area contributed by atoms with Crippen molar-refractivity contribution < 1.29 is 19.4 Å². The molecular weight excluding hydrogens is 448 g/mol. The van der Waals surface area contributed by atoms with Gasteiger partial charge in [-0.1, -0.05) is 11.8 Å². The molecule has 1 aromatic heterocycles. The first kappa shape index (κ1) is 24.6. The minimum atomic E-state index is -0.701. The Hall–Kier alpha value is -3.05. The second-order valence-electron chi connectivity index (χ2n) is 7.48. The maximum absolute atomic E-state index is 12.8. The number of aromatic nitrogens is 2. The van der Waals surface area contributed by atoms with Crippen LogP contribution in [0.1, 0.15) is 25.3 Å². The van der Waals surface area contributed by atoms with Crippen molar-refractivity contribution in [1.29, 1.82) is 0 Å². The Morgan fingerprint density at radius 3 is 2.64 bits per heavy atom. The summed E-state index contributed by atoms with van der Waals surface area (Å²) < 4.78 is 12.8. The van der Waals surface area contributed by atoms with Crippen LogP contribution in [0.3, 0.4) is 0 Å². The molecule has 0 unspecified atom stereocenters. The Kier molecular flexibility index (Phi) is 8.34. The van der Waals surface area contributed by atoms with Gasteiger partial charge in [0, 0.05) is 27.2 Å². The van der Waals surface area contributed by atoms with E-state index >= 15 is 0 Å². The number of carbonyl (C=O) groups excluding carboxylic acids is 1. The van der Waals surface area contributed by atoms with Crippen molar-refractivity contribution in [2.75, 3.05) is 25.5 Å². The van der Waals surface area contributed by atoms with Crippen LogP contribution in [-0.2, 0) is 23.6 Å². The standard InChI is InChI=1S/C22H28N4O6S/c1-4-31-15-9-7-14(8-10-15)24-19(18-20(28)25(2)22(30)26(3)21(18)29)33-13-17(27)23-12-16-6-5-11-32-16/h7-10,16,28H,4-6,11-13H2,1-3H3,(H,23,27)/t16-/m1/s1. The average Bonchev–Trinajstić information content (AvgIpc) is 3.33. The van der Waals surface area contributed by atoms with Crippen molar-refractivity contribution in [2.24, 2.45) is 19.1 Å². The highest BCUT2D eigenvalue weighted by Gasteiger charge is 2.22. The summed E-state index contributed by atoms with van der Waals surface area (Å²) in [4.78, 5) is 41.9. The van der Waals surface area contributed by atoms with E-state index in [2.05, 4.69) is 10.3 Å². The van der Waals surface area contributed by atoms with Crippen molar-refractivity contribution in [3.05, 3.63) is 50.7 Å². The van der Waals surface area contributed by atoms with Crippen molar-refractivity contribution in [2.45, 2.75) is 25.9 Å². The minimum Gasteiger partial charge on any atom is -0.494 e. The molecule has 1 atom stereocenters. The third-order valence-electron chi connectivity index (χ3n) is 5.12. The van der Waals surface area contributed by atoms with Crippen LogP contribution in [0, 0.1) is 0 Å². The topological polar surface area (TPSA) is 124 Å². The quantitative estimate of drug-likeness (QED) is 0.435. The van der Waals surface area contributed by atoms with E-state index in [9.17, 15) is 19.5 Å². The molecule has 1 amide bonds. The number of nitrogens with one attached hydrogen (secondary N) is 1. The molecule has 1 aliphatic rings. The number of benzene rings is 1. The Balaban J connectivity index is 1.89. The van der Waals surface area contributed by atoms with Gasteiger partial charge in [-0.05, 0) is 44.0 Å². The number of aromatic hydroxyl groups is 1. The van der Waals surface area contributed by atoms with Gasteiger partial charge >= 0.3 is 5.69 Å². The summed E-state index contributed by atoms with van der Waals surface area (Å²) >= 11 is 1.00. The van der Waals surface area contributed by atoms with E-state index in [1.54, 1.807) is 24.3 Å². The van der Waals surface area contributed by atoms with Crippen LogP contribution in [-0.4, -0.2) is 56.8 Å². The average molecular weight is 477 g/mol. The number of hydrogen-bond donors (Lipinski definition) is 2. The SMILES string of the molecule is CCOc1ccc(N=C(SCC(=O)NC[C@H]2CCCO2)c2c(O)n(C)c(=O)n(C)c2=O)cc1. The largest absolute Gasteiger partial charge is 0.494 e. The molecule has 0 spiro atoms. The molecule has 1 fully saturated rings. The summed E-state index contributed by atoms with van der Waals surface area (Å²) in [5.74, 6) is -0.135. The van der Waals surface area contributed by atoms with Crippen LogP contribution >= 0.6 is 11.8 Å². The molecule has 2 heterocycles. The fraction of sp³-hybridized carbons (Fsp3) is 0.455. The van der Waals surface area contributed by atoms with Gasteiger partial charge in [0.05, 0.1) is 24.2 Å². The van der Waals surface area contributed by atoms with Gasteiger partial charge in [-0.25, -0.2) is 9.79 Å². The molecule has 0 radical (unpaired) electrons. The van der Waals surface area contributed by atoms with Gasteiger partial charge in [-0.2, -0.15) is 0 Å². The molecule has 3 rings (SSSR count). The lowest BCUT2D eigenvalue weighted by molar-refractivity contribution is -0.119. The number of aliphatic imine (C=N–C) groups is 1. The highest BCUT2D eigenvalue weighted by Crippen LogP contribution is 2.24. The third kappa shape index (κ3) is 6.05. The van der Waals surface area contributed by atoms with Gasteiger partial charge in [-0.3, -0.25) is 18.7 Å². The third-order valence-corrected chi connectivity index (χ3v) is 6.09. The second kappa shape index (κ2) is 11.2. The summed E-state index contributed by atoms with van der Waals surface area (Å²) in [5.41, 5.74) is -1.02. The molecule has 10 nitrogen and oxygen atoms in total. The zero-order chi connectivity index (χ0) is 24.0. The fourth-order valence-corrected chi connectivity index (χ4v) is 4.16. The van der Waals surface area contributed by atoms with E-state index in [4.69, 9.17) is 9.47 Å². The number of ether oxygens (including phenoxy) is 2. The molecule has 33 heavy (non-hydrogen) atoms. The van der Waals surface area contributed by atoms with Gasteiger partial charge in [0.15, 0.2) is 0 Å². The predicted octanol–water partition coefficient (Wildman–Crippen LogP) is 1.29. The molecule has 0 saturated carbocycles. The number of carbonyl (C=O) groups is 1. The molecule has 2 N–H and O–H groups in total. The van der Waals surface area contributed by atoms with Crippen LogP contribution in [0.4, 0.5) is 5.69 Å². The van der Waals surface area contributed by atoms with E-state index in [0.717, 1.165) is 33.7 Å². The van der Waals surface area contributed by atoms with Gasteiger partial charge in [0.1, 0.15) is 16.4 Å². The lowest BCUT2D eigenvalue weighted by Crippen LogP contribution is -2.40. The number of amides is 1. The van der Waals surface area contributed by atoms with Crippen LogP contribution in [0.15, 0.2) is 38.8 Å². The number of nitrogens with zero attached hydrogens (tertiary/aromatic N) is 3. The van der Waals surface area contributed by atoms with Crippen LogP contribution in [0.25, 0.3) is 0 Å². The molecule has 1 aliphatic heterocycles. The molecule has 178 valence electrons. The Morgan fingerprint density at radius 1 is 1.27 bits per heavy atom. The first-order chi connectivity index (χ1) is 15.8. The van der Waals surface area contributed by atoms with Gasteiger partial charge in [0.2, 0.25) is 11.8 Å². The van der Waals surface area contributed by atoms with Crippen LogP contribution in [0.5, 0.6) is 11.6 Å². The number of thioether (sulfide) groups is 1. The lowest BCUT2D eigenvalue weighted by atomic mass is 10.2. The Labute approximate surface area is 195 Å². The van der Waals surface area contributed by atoms with E-state index in [1.807, 2.05) is 6.92 Å². The van der Waals surface area contributed by atoms with E-state index in [-0.39, 0.29) is 28.4 Å². The minimum absolute atomic E-state index is 0.0101. The molecular formula is C22H28N4O6S. The highest BCUT2D eigenvalue weighted by molar-refractivity contribution is 8.15. The van der Waals surface area contributed by atoms with Gasteiger partial charge in [0.25, 0.3) is 5.56 Å². The highest BCUT2D eigenvalue weighted by atomic mass is 32.2. The summed E-state index contributed by atoms with van der Waals surface area (Å²) in [6.07, 6.45) is 1.89. The van der Waals surface area contributed by atoms with Gasteiger partial charge in [-0.15, -0.1) is 0 Å². The lowest BCUT2D eigenvalue weighted by Gasteiger charge is -2.13. The number of hydrogen-bond acceptors (Lipinski definition) is 8. The maximum atomic E-state index is 12.8. The zero-order valence-electron chi connectivity index (χ0n) is 18.9. The van der Waals surface area contributed by atoms with Crippen molar-refractivity contribution in [1.82, 2.24) is 14.5 Å². The molecule has 2 aromatic rings. The van der Waals surface area contributed by atoms with Crippen molar-refractivity contribution in [3.63, 3.8) is 0 Å². The first-order valence-corrected chi connectivity index (χ1v) is 11.6. The molecule has 0 bridgehead atoms. The normalized spacial score (nSPS) is 16.1. The first-order valence-electron chi connectivity index (χ1n) is 10.6. The van der Waals surface area contributed by atoms with E-state index < -0.39 is 17.1 Å². The van der Waals surface area contributed by atoms with Gasteiger partial charge < -0.3 is 19.9 Å². The van der Waals surface area contributed by atoms with E-state index in [0.29, 0.717) is 31.2 Å². The monoisotopic (exact) mass is 476 g/mol. The van der Waals surface area contributed by atoms with Crippen LogP contribution < -0.4 is 21.3 Å². The Bertz CT molecular complexity index is 1130. The zero-order valence-corrected chi connectivity index (χ0v) is 19.7. The molecule has 0 aliphatic carbocycles. The number of rotatable bonds is 8. The van der Waals surface area contributed by atoms with E-state index in [1.165, 1.54) is 14.1 Å². The summed E-state index contributed by atoms with van der Waals surface area (Å²) in [5, 5.41) is 13.5. The summed E-state index contributed by atoms with van der Waals surface area (Å²) in [6, 6.07) is 6.87. The summed E-state index contributed by atoms with van der Waals surface area (Å²) in [6.45, 7) is 3.51. The van der Waals surface area contributed by atoms with Crippen molar-refractivity contribution >= 4 is 28.4 Å².